The fourth-order valence-corrected chi connectivity index (χ4v) is 2.18. The molecule has 0 fully saturated rings. The molecule has 21 heavy (non-hydrogen) atoms. The van der Waals surface area contributed by atoms with E-state index >= 15 is 0 Å². The summed E-state index contributed by atoms with van der Waals surface area (Å²) in [4.78, 5) is 0. The predicted molar refractivity (Wildman–Crippen MR) is 88.7 cm³/mol. The smallest absolute Gasteiger partial charge is 0.0661 e. The summed E-state index contributed by atoms with van der Waals surface area (Å²) in [7, 11) is 1.75. The number of methoxy groups -OCH3 is 1. The molecule has 0 aliphatic carbocycles. The van der Waals surface area contributed by atoms with E-state index in [1.807, 2.05) is 0 Å². The van der Waals surface area contributed by atoms with Crippen molar-refractivity contribution in [3.05, 3.63) is 35.4 Å². The summed E-state index contributed by atoms with van der Waals surface area (Å²) >= 11 is 0. The lowest BCUT2D eigenvalue weighted by Crippen LogP contribution is -2.29. The van der Waals surface area contributed by atoms with Gasteiger partial charge >= 0.3 is 0 Å². The molecular formula is C18H31NO2. The van der Waals surface area contributed by atoms with Gasteiger partial charge in [0.15, 0.2) is 0 Å². The zero-order chi connectivity index (χ0) is 15.7. The Kier molecular flexibility index (Phi) is 7.94. The van der Waals surface area contributed by atoms with Crippen molar-refractivity contribution in [2.24, 2.45) is 0 Å². The highest BCUT2D eigenvalue weighted by molar-refractivity contribution is 5.28. The van der Waals surface area contributed by atoms with Crippen LogP contribution < -0.4 is 5.32 Å². The van der Waals surface area contributed by atoms with Crippen LogP contribution in [-0.4, -0.2) is 32.5 Å². The first kappa shape index (κ1) is 18.1. The number of hydrogen-bond acceptors (Lipinski definition) is 3. The van der Waals surface area contributed by atoms with Crippen LogP contribution in [0.2, 0.25) is 0 Å². The quantitative estimate of drug-likeness (QED) is 0.664. The van der Waals surface area contributed by atoms with Crippen LogP contribution in [0.1, 0.15) is 50.8 Å². The normalized spacial score (nSPS) is 13.4. The van der Waals surface area contributed by atoms with Crippen molar-refractivity contribution >= 4 is 0 Å². The summed E-state index contributed by atoms with van der Waals surface area (Å²) in [5.41, 5.74) is 2.53. The van der Waals surface area contributed by atoms with Crippen LogP contribution in [0.15, 0.2) is 24.3 Å². The first-order valence-electron chi connectivity index (χ1n) is 7.92. The molecule has 1 N–H and O–H groups in total. The number of benzene rings is 1. The van der Waals surface area contributed by atoms with Gasteiger partial charge in [0, 0.05) is 13.7 Å². The van der Waals surface area contributed by atoms with E-state index in [-0.39, 0.29) is 11.6 Å². The third-order valence-corrected chi connectivity index (χ3v) is 3.89. The molecule has 1 atom stereocenters. The topological polar surface area (TPSA) is 30.5 Å². The molecule has 0 radical (unpaired) electrons. The molecule has 0 aliphatic rings. The highest BCUT2D eigenvalue weighted by Gasteiger charge is 2.17. The van der Waals surface area contributed by atoms with Crippen molar-refractivity contribution in [2.45, 2.75) is 52.2 Å². The van der Waals surface area contributed by atoms with E-state index < -0.39 is 0 Å². The Labute approximate surface area is 130 Å². The lowest BCUT2D eigenvalue weighted by molar-refractivity contribution is -0.0124. The maximum absolute atomic E-state index is 5.90. The van der Waals surface area contributed by atoms with Crippen LogP contribution in [0.4, 0.5) is 0 Å². The van der Waals surface area contributed by atoms with Gasteiger partial charge in [0.1, 0.15) is 0 Å². The number of nitrogens with one attached hydrogen (secondary N) is 1. The molecule has 0 amide bonds. The fraction of sp³-hybridized carbons (Fsp3) is 0.667. The van der Waals surface area contributed by atoms with Gasteiger partial charge in [0.05, 0.1) is 18.2 Å². The minimum absolute atomic E-state index is 0.116. The first-order valence-corrected chi connectivity index (χ1v) is 7.92. The number of aryl methyl sites for hydroxylation is 1. The lowest BCUT2D eigenvalue weighted by atomic mass is 10.0. The highest BCUT2D eigenvalue weighted by atomic mass is 16.5. The second-order valence-corrected chi connectivity index (χ2v) is 6.15. The Hall–Kier alpha value is -0.900. The molecule has 120 valence electrons. The van der Waals surface area contributed by atoms with Gasteiger partial charge in [-0.05, 0) is 51.3 Å². The van der Waals surface area contributed by atoms with Gasteiger partial charge in [0.2, 0.25) is 0 Å². The fourth-order valence-electron chi connectivity index (χ4n) is 2.18. The largest absolute Gasteiger partial charge is 0.379 e. The summed E-state index contributed by atoms with van der Waals surface area (Å²) in [6.07, 6.45) is 2.02. The Morgan fingerprint density at radius 2 is 1.95 bits per heavy atom. The predicted octanol–water partition coefficient (Wildman–Crippen LogP) is 3.87. The average Bonchev–Trinajstić information content (AvgIpc) is 2.47. The van der Waals surface area contributed by atoms with E-state index in [1.165, 1.54) is 11.1 Å². The molecule has 1 unspecified atom stereocenters. The van der Waals surface area contributed by atoms with E-state index in [1.54, 1.807) is 7.11 Å². The second-order valence-electron chi connectivity index (χ2n) is 6.15. The molecule has 0 saturated heterocycles. The maximum Gasteiger partial charge on any atom is 0.0661 e. The lowest BCUT2D eigenvalue weighted by Gasteiger charge is -2.24. The molecule has 3 nitrogen and oxygen atoms in total. The SMILES string of the molecule is CCCNC(COCCC(C)(C)OC)c1ccccc1C. The minimum atomic E-state index is -0.116. The number of rotatable bonds is 10. The maximum atomic E-state index is 5.90. The monoisotopic (exact) mass is 293 g/mol. The summed E-state index contributed by atoms with van der Waals surface area (Å²) in [5.74, 6) is 0. The van der Waals surface area contributed by atoms with Crippen LogP contribution in [0.25, 0.3) is 0 Å². The van der Waals surface area contributed by atoms with Gasteiger partial charge in [-0.1, -0.05) is 31.2 Å². The van der Waals surface area contributed by atoms with Crippen molar-refractivity contribution in [1.82, 2.24) is 5.32 Å². The average molecular weight is 293 g/mol. The molecule has 0 aromatic heterocycles. The van der Waals surface area contributed by atoms with Gasteiger partial charge in [-0.3, -0.25) is 0 Å². The summed E-state index contributed by atoms with van der Waals surface area (Å²) in [6.45, 7) is 10.9. The molecule has 1 rings (SSSR count). The summed E-state index contributed by atoms with van der Waals surface area (Å²) in [5, 5.41) is 3.58. The highest BCUT2D eigenvalue weighted by Crippen LogP contribution is 2.19. The van der Waals surface area contributed by atoms with Crippen LogP contribution in [-0.2, 0) is 9.47 Å². The Bertz CT molecular complexity index is 404. The molecule has 1 aromatic carbocycles. The zero-order valence-electron chi connectivity index (χ0n) is 14.2. The third kappa shape index (κ3) is 6.60. The molecule has 3 heteroatoms. The van der Waals surface area contributed by atoms with E-state index in [4.69, 9.17) is 9.47 Å². The van der Waals surface area contributed by atoms with Crippen LogP contribution in [0.3, 0.4) is 0 Å². The second kappa shape index (κ2) is 9.19. The molecule has 0 spiro atoms. The van der Waals surface area contributed by atoms with Crippen LogP contribution >= 0.6 is 0 Å². The minimum Gasteiger partial charge on any atom is -0.379 e. The number of ether oxygens (including phenoxy) is 2. The molecule has 0 saturated carbocycles. The van der Waals surface area contributed by atoms with Crippen LogP contribution in [0.5, 0.6) is 0 Å². The van der Waals surface area contributed by atoms with Gasteiger partial charge in [0.25, 0.3) is 0 Å². The van der Waals surface area contributed by atoms with E-state index in [0.29, 0.717) is 6.61 Å². The van der Waals surface area contributed by atoms with Crippen molar-refractivity contribution in [2.75, 3.05) is 26.9 Å². The first-order chi connectivity index (χ1) is 10.00. The van der Waals surface area contributed by atoms with Crippen molar-refractivity contribution in [3.63, 3.8) is 0 Å². The Morgan fingerprint density at radius 1 is 1.24 bits per heavy atom. The van der Waals surface area contributed by atoms with Crippen LogP contribution in [0, 0.1) is 6.92 Å². The molecule has 0 heterocycles. The van der Waals surface area contributed by atoms with E-state index in [9.17, 15) is 0 Å². The van der Waals surface area contributed by atoms with E-state index in [2.05, 4.69) is 57.3 Å². The molecule has 0 bridgehead atoms. The van der Waals surface area contributed by atoms with Gasteiger partial charge in [-0.2, -0.15) is 0 Å². The standard InChI is InChI=1S/C18H31NO2/c1-6-12-19-17(16-10-8-7-9-15(16)2)14-21-13-11-18(3,4)20-5/h7-10,17,19H,6,11-14H2,1-5H3. The molecule has 0 aliphatic heterocycles. The van der Waals surface area contributed by atoms with E-state index in [0.717, 1.165) is 26.0 Å². The van der Waals surface area contributed by atoms with Gasteiger partial charge in [-0.25, -0.2) is 0 Å². The Balaban J connectivity index is 2.53. The third-order valence-electron chi connectivity index (χ3n) is 3.89. The van der Waals surface area contributed by atoms with Crippen molar-refractivity contribution in [3.8, 4) is 0 Å². The summed E-state index contributed by atoms with van der Waals surface area (Å²) < 4.78 is 11.3. The molecular weight excluding hydrogens is 262 g/mol. The van der Waals surface area contributed by atoms with Crippen molar-refractivity contribution in [1.29, 1.82) is 0 Å². The van der Waals surface area contributed by atoms with Gasteiger partial charge < -0.3 is 14.8 Å². The number of hydrogen-bond donors (Lipinski definition) is 1. The molecule has 1 aromatic rings. The zero-order valence-corrected chi connectivity index (χ0v) is 14.2. The summed E-state index contributed by atoms with van der Waals surface area (Å²) in [6, 6.07) is 8.78. The van der Waals surface area contributed by atoms with Crippen molar-refractivity contribution < 1.29 is 9.47 Å². The Morgan fingerprint density at radius 3 is 2.57 bits per heavy atom. The van der Waals surface area contributed by atoms with Gasteiger partial charge in [-0.15, -0.1) is 0 Å².